The van der Waals surface area contributed by atoms with E-state index in [0.29, 0.717) is 16.6 Å². The van der Waals surface area contributed by atoms with Gasteiger partial charge in [-0.15, -0.1) is 11.8 Å². The second kappa shape index (κ2) is 5.90. The fourth-order valence-electron chi connectivity index (χ4n) is 1.40. The van der Waals surface area contributed by atoms with Crippen LogP contribution in [0.2, 0.25) is 5.02 Å². The van der Waals surface area contributed by atoms with Crippen LogP contribution in [-0.4, -0.2) is 15.9 Å². The van der Waals surface area contributed by atoms with Crippen LogP contribution >= 0.6 is 23.4 Å². The Balaban J connectivity index is 2.11. The third-order valence-corrected chi connectivity index (χ3v) is 3.84. The molecule has 1 amide bonds. The molecule has 1 aromatic carbocycles. The van der Waals surface area contributed by atoms with Crippen LogP contribution in [0.25, 0.3) is 0 Å². The number of rotatable bonds is 4. The van der Waals surface area contributed by atoms with Crippen LogP contribution in [-0.2, 0) is 5.75 Å². The Hall–Kier alpha value is -1.79. The highest BCUT2D eigenvalue weighted by atomic mass is 35.5. The second-order valence-electron chi connectivity index (χ2n) is 3.67. The molecule has 2 rings (SSSR count). The number of aromatic nitrogens is 2. The molecule has 2 aromatic rings. The summed E-state index contributed by atoms with van der Waals surface area (Å²) in [6.45, 7) is 0. The summed E-state index contributed by atoms with van der Waals surface area (Å²) in [6, 6.07) is 7.49. The zero-order chi connectivity index (χ0) is 13.8. The first-order chi connectivity index (χ1) is 9.08. The third kappa shape index (κ3) is 3.36. The standard InChI is InChI=1S/C12H11ClN4OS/c13-8-3-1-2-4-9(8)19-6-10-16-5-7(12(15)18)11(14)17-10/h1-5H,6H2,(H2,15,18)(H2,14,16,17). The van der Waals surface area contributed by atoms with E-state index in [1.54, 1.807) is 0 Å². The van der Waals surface area contributed by atoms with Crippen molar-refractivity contribution in [2.45, 2.75) is 10.6 Å². The maximum atomic E-state index is 11.0. The molecule has 0 unspecified atom stereocenters. The van der Waals surface area contributed by atoms with Crippen LogP contribution in [0.3, 0.4) is 0 Å². The lowest BCUT2D eigenvalue weighted by molar-refractivity contribution is 0.100. The van der Waals surface area contributed by atoms with E-state index in [2.05, 4.69) is 9.97 Å². The van der Waals surface area contributed by atoms with E-state index in [1.807, 2.05) is 24.3 Å². The first-order valence-corrected chi connectivity index (χ1v) is 6.73. The predicted octanol–water partition coefficient (Wildman–Crippen LogP) is 2.10. The Morgan fingerprint density at radius 1 is 1.37 bits per heavy atom. The van der Waals surface area contributed by atoms with Gasteiger partial charge >= 0.3 is 0 Å². The molecular weight excluding hydrogens is 284 g/mol. The smallest absolute Gasteiger partial charge is 0.254 e. The number of benzene rings is 1. The van der Waals surface area contributed by atoms with E-state index in [1.165, 1.54) is 18.0 Å². The summed E-state index contributed by atoms with van der Waals surface area (Å²) in [4.78, 5) is 20.0. The number of carbonyl (C=O) groups is 1. The van der Waals surface area contributed by atoms with Crippen LogP contribution in [0, 0.1) is 0 Å². The van der Waals surface area contributed by atoms with Gasteiger partial charge < -0.3 is 11.5 Å². The van der Waals surface area contributed by atoms with E-state index in [4.69, 9.17) is 23.1 Å². The van der Waals surface area contributed by atoms with E-state index in [-0.39, 0.29) is 11.4 Å². The molecule has 98 valence electrons. The van der Waals surface area contributed by atoms with E-state index >= 15 is 0 Å². The van der Waals surface area contributed by atoms with Gasteiger partial charge in [0.2, 0.25) is 0 Å². The number of hydrogen-bond donors (Lipinski definition) is 2. The summed E-state index contributed by atoms with van der Waals surface area (Å²) in [5.74, 6) is 0.486. The highest BCUT2D eigenvalue weighted by molar-refractivity contribution is 7.98. The molecule has 0 spiro atoms. The Morgan fingerprint density at radius 2 is 2.11 bits per heavy atom. The van der Waals surface area contributed by atoms with Gasteiger partial charge in [0.25, 0.3) is 5.91 Å². The van der Waals surface area contributed by atoms with Gasteiger partial charge in [-0.3, -0.25) is 4.79 Å². The molecule has 4 N–H and O–H groups in total. The van der Waals surface area contributed by atoms with Crippen molar-refractivity contribution in [3.63, 3.8) is 0 Å². The summed E-state index contributed by atoms with van der Waals surface area (Å²) in [7, 11) is 0. The second-order valence-corrected chi connectivity index (χ2v) is 5.09. The topological polar surface area (TPSA) is 94.9 Å². The molecule has 7 heteroatoms. The largest absolute Gasteiger partial charge is 0.383 e. The molecule has 0 atom stereocenters. The molecule has 0 saturated heterocycles. The molecule has 0 aliphatic carbocycles. The predicted molar refractivity (Wildman–Crippen MR) is 76.0 cm³/mol. The molecule has 0 radical (unpaired) electrons. The van der Waals surface area contributed by atoms with Crippen LogP contribution in [0.1, 0.15) is 16.2 Å². The van der Waals surface area contributed by atoms with Gasteiger partial charge in [-0.1, -0.05) is 23.7 Å². The fourth-order valence-corrected chi connectivity index (χ4v) is 2.50. The lowest BCUT2D eigenvalue weighted by Crippen LogP contribution is -2.15. The number of primary amides is 1. The molecule has 0 bridgehead atoms. The van der Waals surface area contributed by atoms with E-state index in [0.717, 1.165) is 4.90 Å². The summed E-state index contributed by atoms with van der Waals surface area (Å²) in [5, 5.41) is 0.675. The van der Waals surface area contributed by atoms with Crippen molar-refractivity contribution < 1.29 is 4.79 Å². The number of anilines is 1. The normalized spacial score (nSPS) is 10.4. The Kier molecular flexibility index (Phi) is 4.24. The monoisotopic (exact) mass is 294 g/mol. The molecule has 0 saturated carbocycles. The quantitative estimate of drug-likeness (QED) is 0.842. The minimum absolute atomic E-state index is 0.0947. The maximum Gasteiger partial charge on any atom is 0.254 e. The minimum atomic E-state index is -0.636. The van der Waals surface area contributed by atoms with E-state index in [9.17, 15) is 4.79 Å². The molecule has 1 aromatic heterocycles. The highest BCUT2D eigenvalue weighted by Gasteiger charge is 2.09. The first kappa shape index (κ1) is 13.6. The Labute approximate surface area is 119 Å². The number of carbonyl (C=O) groups excluding carboxylic acids is 1. The molecule has 5 nitrogen and oxygen atoms in total. The molecule has 19 heavy (non-hydrogen) atoms. The zero-order valence-electron chi connectivity index (χ0n) is 9.84. The average molecular weight is 295 g/mol. The molecular formula is C12H11ClN4OS. The van der Waals surface area contributed by atoms with Crippen LogP contribution in [0.15, 0.2) is 35.4 Å². The van der Waals surface area contributed by atoms with Gasteiger partial charge in [-0.2, -0.15) is 0 Å². The lowest BCUT2D eigenvalue weighted by atomic mass is 10.3. The number of nitrogens with zero attached hydrogens (tertiary/aromatic N) is 2. The van der Waals surface area contributed by atoms with Gasteiger partial charge in [0.05, 0.1) is 16.3 Å². The Bertz CT molecular complexity index is 620. The lowest BCUT2D eigenvalue weighted by Gasteiger charge is -2.05. The van der Waals surface area contributed by atoms with Crippen molar-refractivity contribution in [3.05, 3.63) is 46.9 Å². The van der Waals surface area contributed by atoms with Crippen LogP contribution in [0.4, 0.5) is 5.82 Å². The minimum Gasteiger partial charge on any atom is -0.383 e. The van der Waals surface area contributed by atoms with Gasteiger partial charge in [0.1, 0.15) is 11.6 Å². The zero-order valence-corrected chi connectivity index (χ0v) is 11.4. The molecule has 0 aliphatic rings. The van der Waals surface area contributed by atoms with Crippen molar-refractivity contribution in [2.24, 2.45) is 5.73 Å². The summed E-state index contributed by atoms with van der Waals surface area (Å²) >= 11 is 7.54. The van der Waals surface area contributed by atoms with Gasteiger partial charge in [0.15, 0.2) is 0 Å². The number of hydrogen-bond acceptors (Lipinski definition) is 5. The summed E-state index contributed by atoms with van der Waals surface area (Å²) in [6.07, 6.45) is 1.34. The van der Waals surface area contributed by atoms with E-state index < -0.39 is 5.91 Å². The van der Waals surface area contributed by atoms with Gasteiger partial charge in [-0.25, -0.2) is 9.97 Å². The molecule has 0 fully saturated rings. The molecule has 1 heterocycles. The van der Waals surface area contributed by atoms with Crippen molar-refractivity contribution in [1.82, 2.24) is 9.97 Å². The highest BCUT2D eigenvalue weighted by Crippen LogP contribution is 2.28. The average Bonchev–Trinajstić information content (AvgIpc) is 2.37. The number of nitrogen functional groups attached to an aromatic ring is 1. The maximum absolute atomic E-state index is 11.0. The van der Waals surface area contributed by atoms with Crippen LogP contribution in [0.5, 0.6) is 0 Å². The van der Waals surface area contributed by atoms with Crippen molar-refractivity contribution >= 4 is 35.1 Å². The first-order valence-electron chi connectivity index (χ1n) is 5.36. The number of nitrogens with two attached hydrogens (primary N) is 2. The SMILES string of the molecule is NC(=O)c1cnc(CSc2ccccc2Cl)nc1N. The Morgan fingerprint density at radius 3 is 2.74 bits per heavy atom. The molecule has 0 aliphatic heterocycles. The summed E-state index contributed by atoms with van der Waals surface area (Å²) < 4.78 is 0. The fraction of sp³-hybridized carbons (Fsp3) is 0.0833. The number of thioether (sulfide) groups is 1. The number of amides is 1. The van der Waals surface area contributed by atoms with Crippen molar-refractivity contribution in [2.75, 3.05) is 5.73 Å². The third-order valence-electron chi connectivity index (χ3n) is 2.33. The van der Waals surface area contributed by atoms with Gasteiger partial charge in [-0.05, 0) is 12.1 Å². The van der Waals surface area contributed by atoms with Crippen LogP contribution < -0.4 is 11.5 Å². The summed E-state index contributed by atoms with van der Waals surface area (Å²) in [5.41, 5.74) is 10.9. The van der Waals surface area contributed by atoms with Crippen molar-refractivity contribution in [1.29, 1.82) is 0 Å². The number of halogens is 1. The van der Waals surface area contributed by atoms with Crippen molar-refractivity contribution in [3.8, 4) is 0 Å². The van der Waals surface area contributed by atoms with Gasteiger partial charge in [0, 0.05) is 11.1 Å².